The molecule has 2 N–H and O–H groups in total. The van der Waals surface area contributed by atoms with Gasteiger partial charge in [0.2, 0.25) is 0 Å². The zero-order valence-electron chi connectivity index (χ0n) is 21.9. The molecule has 2 atom stereocenters. The molecule has 9 nitrogen and oxygen atoms in total. The van der Waals surface area contributed by atoms with Crippen molar-refractivity contribution in [2.24, 2.45) is 16.8 Å². The molecular formula is C28H32N2O7S2. The van der Waals surface area contributed by atoms with Gasteiger partial charge < -0.3 is 24.3 Å². The number of aromatic nitrogens is 1. The highest BCUT2D eigenvalue weighted by atomic mass is 32.2. The molecule has 0 radical (unpaired) electrons. The standard InChI is InChI=1S/C28H32N2O7S2/c1-3-22(28(31)32)25-15-29-27(38-25)23-13-18-12-20(37-19-4-6-21(7-5-19)39(2,33)34)14-24(26(18)30-23)36-16-17-8-10-35-11-9-17/h4-7,12-14,17,22,25,30H,3,8-11,15-16H2,1-2H3,(H,31,32). The second-order valence-corrected chi connectivity index (χ2v) is 13.2. The van der Waals surface area contributed by atoms with E-state index in [-0.39, 0.29) is 10.1 Å². The number of aliphatic carboxylic acids is 1. The Morgan fingerprint density at radius 1 is 1.18 bits per heavy atom. The van der Waals surface area contributed by atoms with Crippen LogP contribution >= 0.6 is 11.8 Å². The molecule has 1 fully saturated rings. The Bertz CT molecular complexity index is 1480. The number of aliphatic imine (C=N–C) groups is 1. The summed E-state index contributed by atoms with van der Waals surface area (Å²) in [6, 6.07) is 12.0. The summed E-state index contributed by atoms with van der Waals surface area (Å²) in [7, 11) is -3.30. The van der Waals surface area contributed by atoms with Gasteiger partial charge >= 0.3 is 5.97 Å². The Kier molecular flexibility index (Phi) is 8.20. The fraction of sp³-hybridized carbons (Fsp3) is 0.429. The molecule has 2 aliphatic rings. The summed E-state index contributed by atoms with van der Waals surface area (Å²) in [5.41, 5.74) is 1.62. The van der Waals surface area contributed by atoms with Crippen LogP contribution in [0.3, 0.4) is 0 Å². The first kappa shape index (κ1) is 27.5. The summed E-state index contributed by atoms with van der Waals surface area (Å²) in [6.07, 6.45) is 3.61. The molecule has 3 aromatic rings. The fourth-order valence-corrected chi connectivity index (χ4v) is 6.76. The third-order valence-electron chi connectivity index (χ3n) is 7.08. The van der Waals surface area contributed by atoms with Crippen LogP contribution in [-0.2, 0) is 19.4 Å². The molecule has 0 aliphatic carbocycles. The number of carbonyl (C=O) groups is 1. The lowest BCUT2D eigenvalue weighted by Gasteiger charge is -2.22. The average Bonchev–Trinajstić information content (AvgIpc) is 3.56. The van der Waals surface area contributed by atoms with Crippen LogP contribution in [0.25, 0.3) is 10.9 Å². The SMILES string of the molecule is CCC(C(=O)O)C1CN=C(c2cc3cc(Oc4ccc(S(C)(=O)=O)cc4)cc(OCC4CCOCC4)c3[nH]2)S1. The molecule has 1 saturated heterocycles. The van der Waals surface area contributed by atoms with Crippen molar-refractivity contribution in [3.05, 3.63) is 48.2 Å². The number of carboxylic acid groups (broad SMARTS) is 1. The number of thioether (sulfide) groups is 1. The Labute approximate surface area is 231 Å². The topological polar surface area (TPSA) is 127 Å². The van der Waals surface area contributed by atoms with Crippen LogP contribution in [0.1, 0.15) is 31.9 Å². The van der Waals surface area contributed by atoms with Gasteiger partial charge in [-0.1, -0.05) is 18.7 Å². The van der Waals surface area contributed by atoms with Crippen LogP contribution in [0.15, 0.2) is 52.4 Å². The van der Waals surface area contributed by atoms with Crippen LogP contribution in [0, 0.1) is 11.8 Å². The Balaban J connectivity index is 1.42. The van der Waals surface area contributed by atoms with Crippen LogP contribution in [0.4, 0.5) is 0 Å². The van der Waals surface area contributed by atoms with Gasteiger partial charge in [-0.05, 0) is 61.6 Å². The molecule has 2 aliphatic heterocycles. The van der Waals surface area contributed by atoms with E-state index < -0.39 is 21.7 Å². The minimum absolute atomic E-state index is 0.105. The van der Waals surface area contributed by atoms with Gasteiger partial charge in [-0.3, -0.25) is 9.79 Å². The van der Waals surface area contributed by atoms with E-state index in [9.17, 15) is 18.3 Å². The molecule has 0 bridgehead atoms. The summed E-state index contributed by atoms with van der Waals surface area (Å²) >= 11 is 1.49. The minimum atomic E-state index is -3.30. The number of rotatable bonds is 10. The van der Waals surface area contributed by atoms with Crippen LogP contribution in [0.2, 0.25) is 0 Å². The first-order valence-electron chi connectivity index (χ1n) is 13.0. The third kappa shape index (κ3) is 6.42. The fourth-order valence-electron chi connectivity index (χ4n) is 4.83. The number of nitrogens with zero attached hydrogens (tertiary/aromatic N) is 1. The normalized spacial score (nSPS) is 19.1. The second kappa shape index (κ2) is 11.6. The number of aromatic amines is 1. The lowest BCUT2D eigenvalue weighted by Crippen LogP contribution is -2.26. The molecule has 39 heavy (non-hydrogen) atoms. The molecule has 3 heterocycles. The first-order valence-corrected chi connectivity index (χ1v) is 15.8. The maximum Gasteiger partial charge on any atom is 0.307 e. The quantitative estimate of drug-likeness (QED) is 0.342. The predicted octanol–water partition coefficient (Wildman–Crippen LogP) is 5.14. The van der Waals surface area contributed by atoms with E-state index in [0.29, 0.717) is 42.7 Å². The predicted molar refractivity (Wildman–Crippen MR) is 151 cm³/mol. The van der Waals surface area contributed by atoms with Crippen molar-refractivity contribution in [2.45, 2.75) is 36.3 Å². The number of ether oxygens (including phenoxy) is 3. The van der Waals surface area contributed by atoms with Crippen molar-refractivity contribution >= 4 is 43.5 Å². The van der Waals surface area contributed by atoms with E-state index in [1.807, 2.05) is 25.1 Å². The Morgan fingerprint density at radius 2 is 1.92 bits per heavy atom. The molecule has 0 spiro atoms. The molecule has 5 rings (SSSR count). The Morgan fingerprint density at radius 3 is 2.59 bits per heavy atom. The highest BCUT2D eigenvalue weighted by Crippen LogP contribution is 2.38. The van der Waals surface area contributed by atoms with Crippen LogP contribution in [0.5, 0.6) is 17.2 Å². The number of carboxylic acids is 1. The van der Waals surface area contributed by atoms with E-state index in [1.54, 1.807) is 12.1 Å². The third-order valence-corrected chi connectivity index (χ3v) is 9.56. The number of hydrogen-bond acceptors (Lipinski definition) is 8. The van der Waals surface area contributed by atoms with Crippen molar-refractivity contribution in [1.29, 1.82) is 0 Å². The largest absolute Gasteiger partial charge is 0.491 e. The van der Waals surface area contributed by atoms with E-state index in [1.165, 1.54) is 30.2 Å². The Hall–Kier alpha value is -3.02. The number of fused-ring (bicyclic) bond motifs is 1. The van der Waals surface area contributed by atoms with Gasteiger partial charge in [-0.25, -0.2) is 8.42 Å². The van der Waals surface area contributed by atoms with Gasteiger partial charge in [0.25, 0.3) is 0 Å². The maximum atomic E-state index is 11.8. The number of sulfone groups is 1. The van der Waals surface area contributed by atoms with Gasteiger partial charge in [0.1, 0.15) is 22.3 Å². The highest BCUT2D eigenvalue weighted by molar-refractivity contribution is 8.15. The monoisotopic (exact) mass is 572 g/mol. The highest BCUT2D eigenvalue weighted by Gasteiger charge is 2.32. The molecule has 1 aromatic heterocycles. The molecule has 2 unspecified atom stereocenters. The number of benzene rings is 2. The maximum absolute atomic E-state index is 11.8. The van der Waals surface area contributed by atoms with Crippen molar-refractivity contribution in [3.8, 4) is 17.2 Å². The van der Waals surface area contributed by atoms with Gasteiger partial charge in [0.15, 0.2) is 9.84 Å². The first-order chi connectivity index (χ1) is 18.7. The van der Waals surface area contributed by atoms with Gasteiger partial charge in [0, 0.05) is 36.2 Å². The molecule has 0 saturated carbocycles. The zero-order chi connectivity index (χ0) is 27.6. The van der Waals surface area contributed by atoms with E-state index in [2.05, 4.69) is 9.98 Å². The van der Waals surface area contributed by atoms with Crippen LogP contribution < -0.4 is 9.47 Å². The van der Waals surface area contributed by atoms with E-state index >= 15 is 0 Å². The average molecular weight is 573 g/mol. The second-order valence-electron chi connectivity index (χ2n) is 9.94. The number of hydrogen-bond donors (Lipinski definition) is 2. The molecule has 11 heteroatoms. The molecule has 2 aromatic carbocycles. The summed E-state index contributed by atoms with van der Waals surface area (Å²) in [4.78, 5) is 20.0. The smallest absolute Gasteiger partial charge is 0.307 e. The lowest BCUT2D eigenvalue weighted by atomic mass is 10.0. The van der Waals surface area contributed by atoms with Crippen LogP contribution in [-0.4, -0.2) is 67.4 Å². The number of H-pyrrole nitrogens is 1. The molecular weight excluding hydrogens is 540 g/mol. The summed E-state index contributed by atoms with van der Waals surface area (Å²) in [5, 5.41) is 11.1. The minimum Gasteiger partial charge on any atom is -0.491 e. The van der Waals surface area contributed by atoms with Gasteiger partial charge in [-0.2, -0.15) is 0 Å². The van der Waals surface area contributed by atoms with Crippen molar-refractivity contribution in [1.82, 2.24) is 4.98 Å². The van der Waals surface area contributed by atoms with Crippen molar-refractivity contribution in [2.75, 3.05) is 32.6 Å². The van der Waals surface area contributed by atoms with Crippen molar-refractivity contribution in [3.63, 3.8) is 0 Å². The van der Waals surface area contributed by atoms with Crippen molar-refractivity contribution < 1.29 is 32.5 Å². The molecule has 208 valence electrons. The van der Waals surface area contributed by atoms with E-state index in [4.69, 9.17) is 14.2 Å². The summed E-state index contributed by atoms with van der Waals surface area (Å²) in [5.74, 6) is 0.856. The summed E-state index contributed by atoms with van der Waals surface area (Å²) < 4.78 is 41.5. The summed E-state index contributed by atoms with van der Waals surface area (Å²) in [6.45, 7) is 4.36. The lowest BCUT2D eigenvalue weighted by molar-refractivity contribution is -0.141. The zero-order valence-corrected chi connectivity index (χ0v) is 23.5. The number of nitrogens with one attached hydrogen (secondary N) is 1. The van der Waals surface area contributed by atoms with E-state index in [0.717, 1.165) is 47.7 Å². The van der Waals surface area contributed by atoms with Gasteiger partial charge in [-0.15, -0.1) is 0 Å². The van der Waals surface area contributed by atoms with Gasteiger partial charge in [0.05, 0.1) is 35.2 Å². The molecule has 0 amide bonds.